The first kappa shape index (κ1) is 20.4. The molecule has 1 atom stereocenters. The number of anilines is 1. The van der Waals surface area contributed by atoms with Crippen molar-refractivity contribution in [3.05, 3.63) is 60.2 Å². The van der Waals surface area contributed by atoms with Gasteiger partial charge in [0.25, 0.3) is 0 Å². The molecule has 1 heterocycles. The van der Waals surface area contributed by atoms with Crippen LogP contribution in [0.4, 0.5) is 14.5 Å². The van der Waals surface area contributed by atoms with Gasteiger partial charge in [0, 0.05) is 31.9 Å². The van der Waals surface area contributed by atoms with Crippen LogP contribution in [0.3, 0.4) is 0 Å². The van der Waals surface area contributed by atoms with E-state index >= 15 is 0 Å². The Morgan fingerprint density at radius 3 is 2.25 bits per heavy atom. The number of carbonyl (C=O) groups excluding carboxylic acids is 1. The predicted molar refractivity (Wildman–Crippen MR) is 101 cm³/mol. The topological polar surface area (TPSA) is 69.7 Å². The molecule has 6 nitrogen and oxygen atoms in total. The van der Waals surface area contributed by atoms with Gasteiger partial charge in [-0.25, -0.2) is 17.2 Å². The summed E-state index contributed by atoms with van der Waals surface area (Å²) in [7, 11) is -3.70. The first-order valence-corrected chi connectivity index (χ1v) is 10.3. The second kappa shape index (κ2) is 8.34. The maximum atomic E-state index is 13.2. The van der Waals surface area contributed by atoms with Gasteiger partial charge < -0.3 is 5.32 Å². The summed E-state index contributed by atoms with van der Waals surface area (Å²) >= 11 is 0. The van der Waals surface area contributed by atoms with Crippen LogP contribution < -0.4 is 5.32 Å². The van der Waals surface area contributed by atoms with Crippen LogP contribution in [0, 0.1) is 11.6 Å². The molecule has 1 saturated heterocycles. The summed E-state index contributed by atoms with van der Waals surface area (Å²) in [5, 5.41) is 2.66. The zero-order valence-electron chi connectivity index (χ0n) is 15.3. The van der Waals surface area contributed by atoms with Crippen LogP contribution in [0.15, 0.2) is 53.4 Å². The van der Waals surface area contributed by atoms with Crippen molar-refractivity contribution in [3.63, 3.8) is 0 Å². The minimum absolute atomic E-state index is 0.0410. The van der Waals surface area contributed by atoms with Gasteiger partial charge in [0.15, 0.2) is 0 Å². The number of amides is 1. The maximum absolute atomic E-state index is 13.2. The minimum atomic E-state index is -3.70. The summed E-state index contributed by atoms with van der Waals surface area (Å²) in [5.74, 6) is -1.23. The molecule has 1 amide bonds. The van der Waals surface area contributed by atoms with E-state index < -0.39 is 27.7 Å². The summed E-state index contributed by atoms with van der Waals surface area (Å²) in [4.78, 5) is 14.3. The summed E-state index contributed by atoms with van der Waals surface area (Å²) in [5.41, 5.74) is 0.370. The number of hydrogen-bond acceptors (Lipinski definition) is 4. The third kappa shape index (κ3) is 4.54. The van der Waals surface area contributed by atoms with Crippen molar-refractivity contribution < 1.29 is 22.0 Å². The maximum Gasteiger partial charge on any atom is 0.243 e. The highest BCUT2D eigenvalue weighted by Gasteiger charge is 2.31. The van der Waals surface area contributed by atoms with Gasteiger partial charge in [-0.3, -0.25) is 9.69 Å². The Kier molecular flexibility index (Phi) is 6.07. The lowest BCUT2D eigenvalue weighted by molar-refractivity contribution is -0.121. The van der Waals surface area contributed by atoms with Crippen LogP contribution >= 0.6 is 0 Å². The van der Waals surface area contributed by atoms with Crippen molar-refractivity contribution >= 4 is 21.6 Å². The van der Waals surface area contributed by atoms with E-state index in [1.165, 1.54) is 34.6 Å². The highest BCUT2D eigenvalue weighted by atomic mass is 32.2. The van der Waals surface area contributed by atoms with Crippen LogP contribution in [-0.2, 0) is 14.8 Å². The molecule has 0 aliphatic carbocycles. The molecular weight excluding hydrogens is 388 g/mol. The van der Waals surface area contributed by atoms with Gasteiger partial charge in [-0.2, -0.15) is 4.31 Å². The van der Waals surface area contributed by atoms with E-state index in [1.807, 2.05) is 4.90 Å². The van der Waals surface area contributed by atoms with Crippen LogP contribution in [0.5, 0.6) is 0 Å². The van der Waals surface area contributed by atoms with Crippen LogP contribution in [-0.4, -0.2) is 55.8 Å². The van der Waals surface area contributed by atoms with Crippen LogP contribution in [0.2, 0.25) is 0 Å². The van der Waals surface area contributed by atoms with E-state index in [-0.39, 0.29) is 23.9 Å². The van der Waals surface area contributed by atoms with E-state index in [0.717, 1.165) is 12.1 Å². The van der Waals surface area contributed by atoms with Crippen molar-refractivity contribution in [2.45, 2.75) is 17.9 Å². The fourth-order valence-corrected chi connectivity index (χ4v) is 4.49. The van der Waals surface area contributed by atoms with Crippen molar-refractivity contribution in [2.24, 2.45) is 0 Å². The number of nitrogens with zero attached hydrogens (tertiary/aromatic N) is 2. The third-order valence-electron chi connectivity index (χ3n) is 4.74. The molecule has 0 radical (unpaired) electrons. The Morgan fingerprint density at radius 2 is 1.64 bits per heavy atom. The standard InChI is InChI=1S/C19H21F2N3O3S/c1-14(19(25)22-17-4-2-3-16(21)13-17)23-9-11-24(12-10-23)28(26,27)18-7-5-15(20)6-8-18/h2-8,13-14H,9-12H2,1H3,(H,22,25)/t14-/m1/s1. The predicted octanol–water partition coefficient (Wildman–Crippen LogP) is 2.30. The molecule has 0 aromatic heterocycles. The quantitative estimate of drug-likeness (QED) is 0.823. The number of piperazine rings is 1. The Labute approximate surface area is 162 Å². The monoisotopic (exact) mass is 409 g/mol. The lowest BCUT2D eigenvalue weighted by Crippen LogP contribution is -2.53. The molecule has 2 aromatic rings. The van der Waals surface area contributed by atoms with Gasteiger partial charge in [-0.05, 0) is 49.4 Å². The van der Waals surface area contributed by atoms with Crippen molar-refractivity contribution in [3.8, 4) is 0 Å². The van der Waals surface area contributed by atoms with E-state index in [1.54, 1.807) is 13.0 Å². The summed E-state index contributed by atoms with van der Waals surface area (Å²) in [6, 6.07) is 9.84. The Morgan fingerprint density at radius 1 is 1.00 bits per heavy atom. The largest absolute Gasteiger partial charge is 0.325 e. The molecule has 1 N–H and O–H groups in total. The molecule has 3 rings (SSSR count). The molecule has 9 heteroatoms. The molecule has 150 valence electrons. The molecule has 0 saturated carbocycles. The van der Waals surface area contributed by atoms with Crippen molar-refractivity contribution in [1.29, 1.82) is 0 Å². The molecule has 28 heavy (non-hydrogen) atoms. The van der Waals surface area contributed by atoms with Crippen molar-refractivity contribution in [1.82, 2.24) is 9.21 Å². The zero-order chi connectivity index (χ0) is 20.3. The lowest BCUT2D eigenvalue weighted by atomic mass is 10.2. The summed E-state index contributed by atoms with van der Waals surface area (Å²) in [6.07, 6.45) is 0. The normalized spacial score (nSPS) is 17.2. The first-order valence-electron chi connectivity index (χ1n) is 8.83. The van der Waals surface area contributed by atoms with Crippen LogP contribution in [0.1, 0.15) is 6.92 Å². The molecule has 0 spiro atoms. The second-order valence-corrected chi connectivity index (χ2v) is 8.51. The number of benzene rings is 2. The van der Waals surface area contributed by atoms with E-state index in [2.05, 4.69) is 5.32 Å². The average molecular weight is 409 g/mol. The summed E-state index contributed by atoms with van der Waals surface area (Å²) in [6.45, 7) is 2.91. The molecule has 1 aliphatic heterocycles. The van der Waals surface area contributed by atoms with Crippen LogP contribution in [0.25, 0.3) is 0 Å². The van der Waals surface area contributed by atoms with Gasteiger partial charge in [0.05, 0.1) is 10.9 Å². The van der Waals surface area contributed by atoms with Crippen molar-refractivity contribution in [2.75, 3.05) is 31.5 Å². The lowest BCUT2D eigenvalue weighted by Gasteiger charge is -2.36. The van der Waals surface area contributed by atoms with E-state index in [4.69, 9.17) is 0 Å². The zero-order valence-corrected chi connectivity index (χ0v) is 16.1. The van der Waals surface area contributed by atoms with Gasteiger partial charge in [0.1, 0.15) is 11.6 Å². The molecule has 1 fully saturated rings. The SMILES string of the molecule is C[C@H](C(=O)Nc1cccc(F)c1)N1CCN(S(=O)(=O)c2ccc(F)cc2)CC1. The smallest absolute Gasteiger partial charge is 0.243 e. The molecule has 0 bridgehead atoms. The number of halogens is 2. The number of nitrogens with one attached hydrogen (secondary N) is 1. The Bertz CT molecular complexity index is 943. The molecular formula is C19H21F2N3O3S. The summed E-state index contributed by atoms with van der Waals surface area (Å²) < 4.78 is 52.9. The molecule has 0 unspecified atom stereocenters. The number of carbonyl (C=O) groups is 1. The van der Waals surface area contributed by atoms with E-state index in [9.17, 15) is 22.0 Å². The minimum Gasteiger partial charge on any atom is -0.325 e. The van der Waals surface area contributed by atoms with Gasteiger partial charge in [-0.15, -0.1) is 0 Å². The fourth-order valence-electron chi connectivity index (χ4n) is 3.07. The van der Waals surface area contributed by atoms with Gasteiger partial charge in [0.2, 0.25) is 15.9 Å². The number of hydrogen-bond donors (Lipinski definition) is 1. The molecule has 2 aromatic carbocycles. The number of rotatable bonds is 5. The fraction of sp³-hybridized carbons (Fsp3) is 0.316. The molecule has 1 aliphatic rings. The second-order valence-electron chi connectivity index (χ2n) is 6.57. The Balaban J connectivity index is 1.59. The van der Waals surface area contributed by atoms with E-state index in [0.29, 0.717) is 18.8 Å². The van der Waals surface area contributed by atoms with Gasteiger partial charge >= 0.3 is 0 Å². The third-order valence-corrected chi connectivity index (χ3v) is 6.66. The highest BCUT2D eigenvalue weighted by Crippen LogP contribution is 2.19. The number of sulfonamides is 1. The average Bonchev–Trinajstić information content (AvgIpc) is 2.68. The highest BCUT2D eigenvalue weighted by molar-refractivity contribution is 7.89. The van der Waals surface area contributed by atoms with Gasteiger partial charge in [-0.1, -0.05) is 6.07 Å². The first-order chi connectivity index (χ1) is 13.3. The Hall–Kier alpha value is -2.36.